The van der Waals surface area contributed by atoms with Crippen LogP contribution in [0.2, 0.25) is 16.6 Å². The van der Waals surface area contributed by atoms with E-state index in [-0.39, 0.29) is 23.4 Å². The molecule has 1 saturated carbocycles. The maximum Gasteiger partial charge on any atom is 0.200 e. The predicted octanol–water partition coefficient (Wildman–Crippen LogP) is 5.41. The molecule has 2 saturated heterocycles. The average Bonchev–Trinajstić information content (AvgIpc) is 3.15. The fraction of sp³-hybridized carbons (Fsp3) is 1.00. The number of rotatable bonds is 5. The van der Waals surface area contributed by atoms with Crippen molar-refractivity contribution >= 4 is 8.32 Å². The molecule has 3 fully saturated rings. The predicted molar refractivity (Wildman–Crippen MR) is 107 cm³/mol. The average molecular weight is 385 g/mol. The second kappa shape index (κ2) is 6.55. The van der Waals surface area contributed by atoms with Crippen LogP contribution in [-0.2, 0) is 18.6 Å². The topological polar surface area (TPSA) is 40.2 Å². The first-order chi connectivity index (χ1) is 11.9. The van der Waals surface area contributed by atoms with Crippen molar-refractivity contribution in [3.63, 3.8) is 0 Å². The highest BCUT2D eigenvalue weighted by molar-refractivity contribution is 6.77. The molecule has 2 heterocycles. The second-order valence-corrected chi connectivity index (χ2v) is 15.7. The maximum atomic E-state index is 7.14. The lowest BCUT2D eigenvalue weighted by Gasteiger charge is -2.52. The van der Waals surface area contributed by atoms with Gasteiger partial charge in [0.05, 0.1) is 18.8 Å². The number of hydrogen-bond acceptors (Lipinski definition) is 4. The van der Waals surface area contributed by atoms with Crippen LogP contribution in [0.4, 0.5) is 0 Å². The summed E-state index contributed by atoms with van der Waals surface area (Å²) < 4.78 is 25.8. The van der Waals surface area contributed by atoms with Crippen LogP contribution in [-0.4, -0.2) is 44.1 Å². The molecule has 4 atom stereocenters. The third kappa shape index (κ3) is 3.12. The SMILES string of the molecule is CC(C)[Si](OC1C[C@@H]2O[C@]2(C)[C@@]2(CCOC(C)(C)O2)C1)(C(C)C)C(C)C. The lowest BCUT2D eigenvalue weighted by atomic mass is 9.72. The van der Waals surface area contributed by atoms with Crippen molar-refractivity contribution in [3.8, 4) is 0 Å². The Kier molecular flexibility index (Phi) is 5.23. The minimum atomic E-state index is -1.91. The molecule has 0 radical (unpaired) electrons. The van der Waals surface area contributed by atoms with E-state index in [4.69, 9.17) is 18.6 Å². The monoisotopic (exact) mass is 384 g/mol. The highest BCUT2D eigenvalue weighted by Crippen LogP contribution is 2.60. The van der Waals surface area contributed by atoms with E-state index in [0.29, 0.717) is 16.6 Å². The van der Waals surface area contributed by atoms with Crippen LogP contribution < -0.4 is 0 Å². The number of fused-ring (bicyclic) bond motifs is 2. The van der Waals surface area contributed by atoms with Crippen molar-refractivity contribution < 1.29 is 18.6 Å². The number of epoxide rings is 1. The Balaban J connectivity index is 1.86. The van der Waals surface area contributed by atoms with Gasteiger partial charge in [-0.3, -0.25) is 0 Å². The Morgan fingerprint density at radius 1 is 0.962 bits per heavy atom. The van der Waals surface area contributed by atoms with Crippen LogP contribution in [0.25, 0.3) is 0 Å². The van der Waals surface area contributed by atoms with E-state index in [1.54, 1.807) is 0 Å². The first-order valence-corrected chi connectivity index (χ1v) is 12.7. The molecule has 0 bridgehead atoms. The van der Waals surface area contributed by atoms with Gasteiger partial charge in [-0.25, -0.2) is 0 Å². The Morgan fingerprint density at radius 2 is 1.54 bits per heavy atom. The molecular formula is C21H40O4Si. The van der Waals surface area contributed by atoms with E-state index in [9.17, 15) is 0 Å². The summed E-state index contributed by atoms with van der Waals surface area (Å²) >= 11 is 0. The van der Waals surface area contributed by atoms with E-state index < -0.39 is 14.1 Å². The highest BCUT2D eigenvalue weighted by Gasteiger charge is 2.72. The Morgan fingerprint density at radius 3 is 2.04 bits per heavy atom. The zero-order chi connectivity index (χ0) is 19.5. The fourth-order valence-corrected chi connectivity index (χ4v) is 11.7. The quantitative estimate of drug-likeness (QED) is 0.469. The van der Waals surface area contributed by atoms with Crippen molar-refractivity contribution in [2.75, 3.05) is 6.61 Å². The van der Waals surface area contributed by atoms with Crippen LogP contribution in [0, 0.1) is 0 Å². The molecule has 0 aromatic rings. The van der Waals surface area contributed by atoms with Crippen molar-refractivity contribution in [1.82, 2.24) is 0 Å². The van der Waals surface area contributed by atoms with Crippen LogP contribution >= 0.6 is 0 Å². The van der Waals surface area contributed by atoms with Gasteiger partial charge in [0, 0.05) is 19.3 Å². The molecule has 0 amide bonds. The van der Waals surface area contributed by atoms with E-state index in [0.717, 1.165) is 25.9 Å². The summed E-state index contributed by atoms with van der Waals surface area (Å²) in [6.45, 7) is 21.1. The second-order valence-electron chi connectivity index (χ2n) is 10.3. The van der Waals surface area contributed by atoms with Gasteiger partial charge >= 0.3 is 0 Å². The summed E-state index contributed by atoms with van der Waals surface area (Å²) in [4.78, 5) is 0. The van der Waals surface area contributed by atoms with Gasteiger partial charge in [-0.2, -0.15) is 0 Å². The zero-order valence-corrected chi connectivity index (χ0v) is 19.3. The summed E-state index contributed by atoms with van der Waals surface area (Å²) in [5.74, 6) is -0.553. The molecule has 5 heteroatoms. The molecule has 1 spiro atoms. The first kappa shape index (κ1) is 20.8. The van der Waals surface area contributed by atoms with Crippen LogP contribution in [0.5, 0.6) is 0 Å². The molecule has 0 aromatic heterocycles. The fourth-order valence-electron chi connectivity index (χ4n) is 6.12. The van der Waals surface area contributed by atoms with Gasteiger partial charge in [0.1, 0.15) is 11.2 Å². The van der Waals surface area contributed by atoms with Crippen molar-refractivity contribution in [2.24, 2.45) is 0 Å². The molecule has 1 unspecified atom stereocenters. The minimum absolute atomic E-state index is 0.175. The van der Waals surface area contributed by atoms with Gasteiger partial charge in [-0.05, 0) is 37.4 Å². The Bertz CT molecular complexity index is 510. The molecule has 2 aliphatic heterocycles. The third-order valence-corrected chi connectivity index (χ3v) is 13.5. The molecule has 3 aliphatic rings. The largest absolute Gasteiger partial charge is 0.413 e. The van der Waals surface area contributed by atoms with Crippen molar-refractivity contribution in [3.05, 3.63) is 0 Å². The number of ether oxygens (including phenoxy) is 3. The molecule has 1 aliphatic carbocycles. The molecule has 0 N–H and O–H groups in total. The summed E-state index contributed by atoms with van der Waals surface area (Å²) in [5.41, 5.74) is 1.33. The summed E-state index contributed by atoms with van der Waals surface area (Å²) in [6.07, 6.45) is 3.30. The van der Waals surface area contributed by atoms with Gasteiger partial charge < -0.3 is 18.6 Å². The number of hydrogen-bond donors (Lipinski definition) is 0. The van der Waals surface area contributed by atoms with Crippen LogP contribution in [0.1, 0.15) is 81.6 Å². The Hall–Kier alpha value is 0.0569. The van der Waals surface area contributed by atoms with Gasteiger partial charge in [0.2, 0.25) is 8.32 Å². The molecular weight excluding hydrogens is 344 g/mol. The van der Waals surface area contributed by atoms with E-state index >= 15 is 0 Å². The molecule has 4 nitrogen and oxygen atoms in total. The molecule has 3 rings (SSSR count). The van der Waals surface area contributed by atoms with E-state index in [1.165, 1.54) is 0 Å². The van der Waals surface area contributed by atoms with Crippen LogP contribution in [0.15, 0.2) is 0 Å². The minimum Gasteiger partial charge on any atom is -0.413 e. The third-order valence-electron chi connectivity index (χ3n) is 7.36. The van der Waals surface area contributed by atoms with E-state index in [1.807, 2.05) is 13.8 Å². The first-order valence-electron chi connectivity index (χ1n) is 10.6. The van der Waals surface area contributed by atoms with Gasteiger partial charge in [0.15, 0.2) is 5.79 Å². The van der Waals surface area contributed by atoms with Crippen LogP contribution in [0.3, 0.4) is 0 Å². The summed E-state index contributed by atoms with van der Waals surface area (Å²) in [5, 5.41) is 0. The molecule has 26 heavy (non-hydrogen) atoms. The zero-order valence-electron chi connectivity index (χ0n) is 18.3. The Labute approximate surface area is 161 Å². The van der Waals surface area contributed by atoms with E-state index in [2.05, 4.69) is 48.5 Å². The smallest absolute Gasteiger partial charge is 0.200 e. The normalized spacial score (nSPS) is 39.7. The standard InChI is InChI=1S/C21H40O4Si/c1-14(2)26(15(3)4,16(5)6)24-17-12-18-20(9,23-18)21(13-17)10-11-22-19(7,8)25-21/h14-18H,10-13H2,1-9H3/t17?,18-,20-,21+/m0/s1. The van der Waals surface area contributed by atoms with Gasteiger partial charge in [-0.15, -0.1) is 0 Å². The maximum absolute atomic E-state index is 7.14. The van der Waals surface area contributed by atoms with Crippen molar-refractivity contribution in [1.29, 1.82) is 0 Å². The van der Waals surface area contributed by atoms with Gasteiger partial charge in [0.25, 0.3) is 0 Å². The van der Waals surface area contributed by atoms with Gasteiger partial charge in [-0.1, -0.05) is 41.5 Å². The summed E-state index contributed by atoms with van der Waals surface area (Å²) in [7, 11) is -1.91. The highest BCUT2D eigenvalue weighted by atomic mass is 28.4. The molecule has 152 valence electrons. The molecule has 0 aromatic carbocycles. The summed E-state index contributed by atoms with van der Waals surface area (Å²) in [6, 6.07) is 0. The lowest BCUT2D eigenvalue weighted by molar-refractivity contribution is -0.330. The van der Waals surface area contributed by atoms with Crippen molar-refractivity contribution in [2.45, 2.75) is 127 Å². The lowest BCUT2D eigenvalue weighted by Crippen LogP contribution is -2.62.